The molecule has 0 atom stereocenters. The molecule has 0 unspecified atom stereocenters. The summed E-state index contributed by atoms with van der Waals surface area (Å²) in [6.07, 6.45) is 7.13. The van der Waals surface area contributed by atoms with E-state index in [9.17, 15) is 4.39 Å². The second-order valence-corrected chi connectivity index (χ2v) is 4.59. The lowest BCUT2D eigenvalue weighted by atomic mass is 10.2. The summed E-state index contributed by atoms with van der Waals surface area (Å²) >= 11 is 0. The van der Waals surface area contributed by atoms with Crippen molar-refractivity contribution in [3.63, 3.8) is 0 Å². The Bertz CT molecular complexity index is 417. The standard InChI is InChI=1S/C15H19FN2/c1-2-3-6-9-17-10-12-18(13-11-17)15-8-5-4-7-14(15)16/h1,4-5,7-8H,3,6,9-13H2. The second kappa shape index (κ2) is 6.42. The minimum absolute atomic E-state index is 0.127. The summed E-state index contributed by atoms with van der Waals surface area (Å²) in [5, 5.41) is 0. The summed E-state index contributed by atoms with van der Waals surface area (Å²) in [7, 11) is 0. The van der Waals surface area contributed by atoms with Gasteiger partial charge in [-0.05, 0) is 25.1 Å². The maximum absolute atomic E-state index is 13.6. The van der Waals surface area contributed by atoms with Crippen molar-refractivity contribution in [1.82, 2.24) is 4.90 Å². The summed E-state index contributed by atoms with van der Waals surface area (Å²) in [6.45, 7) is 4.79. The summed E-state index contributed by atoms with van der Waals surface area (Å²) in [5.74, 6) is 2.54. The van der Waals surface area contributed by atoms with E-state index >= 15 is 0 Å². The number of piperazine rings is 1. The Hall–Kier alpha value is -1.53. The Morgan fingerprint density at radius 2 is 1.89 bits per heavy atom. The summed E-state index contributed by atoms with van der Waals surface area (Å²) in [6, 6.07) is 6.99. The number of halogens is 1. The van der Waals surface area contributed by atoms with Gasteiger partial charge in [-0.15, -0.1) is 12.3 Å². The van der Waals surface area contributed by atoms with Crippen LogP contribution in [-0.4, -0.2) is 37.6 Å². The molecule has 1 aliphatic rings. The van der Waals surface area contributed by atoms with Crippen LogP contribution in [0.1, 0.15) is 12.8 Å². The van der Waals surface area contributed by atoms with E-state index < -0.39 is 0 Å². The van der Waals surface area contributed by atoms with Crippen molar-refractivity contribution in [3.05, 3.63) is 30.1 Å². The molecular formula is C15H19FN2. The van der Waals surface area contributed by atoms with Gasteiger partial charge in [0.1, 0.15) is 5.82 Å². The number of hydrogen-bond acceptors (Lipinski definition) is 2. The minimum Gasteiger partial charge on any atom is -0.367 e. The molecule has 0 saturated carbocycles. The van der Waals surface area contributed by atoms with E-state index in [0.717, 1.165) is 51.3 Å². The molecule has 0 spiro atoms. The first-order chi connectivity index (χ1) is 8.81. The molecule has 3 heteroatoms. The molecule has 0 aromatic heterocycles. The molecule has 0 aliphatic carbocycles. The van der Waals surface area contributed by atoms with Crippen molar-refractivity contribution in [2.24, 2.45) is 0 Å². The van der Waals surface area contributed by atoms with Gasteiger partial charge in [0.15, 0.2) is 0 Å². The zero-order valence-corrected chi connectivity index (χ0v) is 10.6. The number of unbranched alkanes of at least 4 members (excludes halogenated alkanes) is 1. The fraction of sp³-hybridized carbons (Fsp3) is 0.467. The molecule has 18 heavy (non-hydrogen) atoms. The first-order valence-electron chi connectivity index (χ1n) is 6.46. The molecular weight excluding hydrogens is 227 g/mol. The lowest BCUT2D eigenvalue weighted by Crippen LogP contribution is -2.46. The molecule has 1 fully saturated rings. The third kappa shape index (κ3) is 3.24. The summed E-state index contributed by atoms with van der Waals surface area (Å²) < 4.78 is 13.6. The lowest BCUT2D eigenvalue weighted by Gasteiger charge is -2.36. The number of anilines is 1. The third-order valence-electron chi connectivity index (χ3n) is 3.36. The molecule has 1 saturated heterocycles. The molecule has 1 aromatic carbocycles. The van der Waals surface area contributed by atoms with Gasteiger partial charge in [0.2, 0.25) is 0 Å². The minimum atomic E-state index is -0.127. The SMILES string of the molecule is C#CCCCN1CCN(c2ccccc2F)CC1. The Kier molecular flexibility index (Phi) is 4.60. The molecule has 0 bridgehead atoms. The van der Waals surface area contributed by atoms with Crippen LogP contribution in [0, 0.1) is 18.2 Å². The van der Waals surface area contributed by atoms with Crippen LogP contribution in [0.2, 0.25) is 0 Å². The van der Waals surface area contributed by atoms with Gasteiger partial charge in [-0.25, -0.2) is 4.39 Å². The fourth-order valence-corrected chi connectivity index (χ4v) is 2.33. The molecule has 2 rings (SSSR count). The number of nitrogens with zero attached hydrogens (tertiary/aromatic N) is 2. The van der Waals surface area contributed by atoms with E-state index in [1.165, 1.54) is 6.07 Å². The van der Waals surface area contributed by atoms with Crippen molar-refractivity contribution in [1.29, 1.82) is 0 Å². The number of rotatable bonds is 4. The second-order valence-electron chi connectivity index (χ2n) is 4.59. The van der Waals surface area contributed by atoms with Crippen molar-refractivity contribution >= 4 is 5.69 Å². The number of benzene rings is 1. The Balaban J connectivity index is 1.84. The van der Waals surface area contributed by atoms with Crippen LogP contribution in [0.5, 0.6) is 0 Å². The normalized spacial score (nSPS) is 16.6. The van der Waals surface area contributed by atoms with E-state index in [1.54, 1.807) is 6.07 Å². The zero-order chi connectivity index (χ0) is 12.8. The predicted molar refractivity (Wildman–Crippen MR) is 73.1 cm³/mol. The molecule has 0 amide bonds. The van der Waals surface area contributed by atoms with E-state index in [-0.39, 0.29) is 5.82 Å². The first kappa shape index (κ1) is 12.9. The van der Waals surface area contributed by atoms with Crippen LogP contribution in [0.25, 0.3) is 0 Å². The average Bonchev–Trinajstić information content (AvgIpc) is 2.41. The average molecular weight is 246 g/mol. The van der Waals surface area contributed by atoms with Gasteiger partial charge in [0.05, 0.1) is 5.69 Å². The van der Waals surface area contributed by atoms with E-state index in [4.69, 9.17) is 6.42 Å². The summed E-state index contributed by atoms with van der Waals surface area (Å²) in [4.78, 5) is 4.52. The van der Waals surface area contributed by atoms with E-state index in [1.807, 2.05) is 12.1 Å². The van der Waals surface area contributed by atoms with Crippen LogP contribution in [0.3, 0.4) is 0 Å². The highest BCUT2D eigenvalue weighted by Crippen LogP contribution is 2.20. The zero-order valence-electron chi connectivity index (χ0n) is 10.6. The van der Waals surface area contributed by atoms with Crippen LogP contribution in [0.15, 0.2) is 24.3 Å². The third-order valence-corrected chi connectivity index (χ3v) is 3.36. The summed E-state index contributed by atoms with van der Waals surface area (Å²) in [5.41, 5.74) is 0.723. The van der Waals surface area contributed by atoms with Crippen molar-refractivity contribution in [3.8, 4) is 12.3 Å². The first-order valence-corrected chi connectivity index (χ1v) is 6.46. The Morgan fingerprint density at radius 1 is 1.17 bits per heavy atom. The van der Waals surface area contributed by atoms with Gasteiger partial charge < -0.3 is 4.90 Å². The number of terminal acetylenes is 1. The molecule has 1 heterocycles. The highest BCUT2D eigenvalue weighted by Gasteiger charge is 2.18. The molecule has 1 aliphatic heterocycles. The smallest absolute Gasteiger partial charge is 0.146 e. The van der Waals surface area contributed by atoms with Crippen LogP contribution < -0.4 is 4.90 Å². The molecule has 2 nitrogen and oxygen atoms in total. The van der Waals surface area contributed by atoms with Crippen molar-refractivity contribution < 1.29 is 4.39 Å². The lowest BCUT2D eigenvalue weighted by molar-refractivity contribution is 0.255. The van der Waals surface area contributed by atoms with Gasteiger partial charge in [-0.3, -0.25) is 4.90 Å². The molecule has 0 radical (unpaired) electrons. The maximum Gasteiger partial charge on any atom is 0.146 e. The fourth-order valence-electron chi connectivity index (χ4n) is 2.33. The molecule has 1 aromatic rings. The van der Waals surface area contributed by atoms with Crippen LogP contribution >= 0.6 is 0 Å². The van der Waals surface area contributed by atoms with Crippen molar-refractivity contribution in [2.75, 3.05) is 37.6 Å². The Morgan fingerprint density at radius 3 is 2.56 bits per heavy atom. The topological polar surface area (TPSA) is 6.48 Å². The van der Waals surface area contributed by atoms with Gasteiger partial charge in [-0.2, -0.15) is 0 Å². The maximum atomic E-state index is 13.6. The van der Waals surface area contributed by atoms with Crippen LogP contribution in [0.4, 0.5) is 10.1 Å². The van der Waals surface area contributed by atoms with Gasteiger partial charge in [0, 0.05) is 32.6 Å². The Labute approximate surface area is 108 Å². The monoisotopic (exact) mass is 246 g/mol. The highest BCUT2D eigenvalue weighted by molar-refractivity contribution is 5.47. The molecule has 96 valence electrons. The van der Waals surface area contributed by atoms with Gasteiger partial charge in [0.25, 0.3) is 0 Å². The molecule has 0 N–H and O–H groups in total. The quantitative estimate of drug-likeness (QED) is 0.594. The highest BCUT2D eigenvalue weighted by atomic mass is 19.1. The number of para-hydroxylation sites is 1. The van der Waals surface area contributed by atoms with E-state index in [2.05, 4.69) is 15.7 Å². The van der Waals surface area contributed by atoms with Gasteiger partial charge in [-0.1, -0.05) is 12.1 Å². The van der Waals surface area contributed by atoms with E-state index in [0.29, 0.717) is 0 Å². The van der Waals surface area contributed by atoms with Crippen molar-refractivity contribution in [2.45, 2.75) is 12.8 Å². The number of hydrogen-bond donors (Lipinski definition) is 0. The van der Waals surface area contributed by atoms with Gasteiger partial charge >= 0.3 is 0 Å². The largest absolute Gasteiger partial charge is 0.367 e. The predicted octanol–water partition coefficient (Wildman–Crippen LogP) is 2.36. The van der Waals surface area contributed by atoms with Crippen LogP contribution in [-0.2, 0) is 0 Å².